The van der Waals surface area contributed by atoms with Gasteiger partial charge in [0.15, 0.2) is 0 Å². The lowest BCUT2D eigenvalue weighted by molar-refractivity contribution is 0.913. The van der Waals surface area contributed by atoms with E-state index in [9.17, 15) is 0 Å². The zero-order valence-corrected chi connectivity index (χ0v) is 9.58. The van der Waals surface area contributed by atoms with Crippen molar-refractivity contribution in [2.24, 2.45) is 4.99 Å². The van der Waals surface area contributed by atoms with E-state index >= 15 is 0 Å². The number of hydrogen-bond donors (Lipinski definition) is 0. The average Bonchev–Trinajstić information content (AvgIpc) is 2.62. The summed E-state index contributed by atoms with van der Waals surface area (Å²) in [5.41, 5.74) is 3.99. The molecule has 1 heterocycles. The highest BCUT2D eigenvalue weighted by atomic mass is 32.1. The lowest BCUT2D eigenvalue weighted by Crippen LogP contribution is -1.83. The van der Waals surface area contributed by atoms with E-state index in [1.54, 1.807) is 0 Å². The van der Waals surface area contributed by atoms with Gasteiger partial charge in [-0.25, -0.2) is 0 Å². The van der Waals surface area contributed by atoms with Crippen molar-refractivity contribution in [2.45, 2.75) is 33.1 Å². The van der Waals surface area contributed by atoms with E-state index in [-0.39, 0.29) is 0 Å². The summed E-state index contributed by atoms with van der Waals surface area (Å²) in [5.74, 6) is 0. The predicted molar refractivity (Wildman–Crippen MR) is 64.9 cm³/mol. The number of aliphatic imine (C=N–C) groups is 1. The predicted octanol–water partition coefficient (Wildman–Crippen LogP) is 3.99. The Morgan fingerprint density at radius 1 is 1.50 bits per heavy atom. The Morgan fingerprint density at radius 2 is 2.29 bits per heavy atom. The van der Waals surface area contributed by atoms with Crippen molar-refractivity contribution >= 4 is 28.1 Å². The molecule has 0 unspecified atom stereocenters. The Morgan fingerprint density at radius 3 is 2.93 bits per heavy atom. The number of aryl methyl sites for hydroxylation is 1. The minimum Gasteiger partial charge on any atom is -0.250 e. The normalized spacial score (nSPS) is 15.0. The van der Waals surface area contributed by atoms with Crippen LogP contribution in [0, 0.1) is 0 Å². The fourth-order valence-corrected chi connectivity index (χ4v) is 3.40. The van der Waals surface area contributed by atoms with Crippen LogP contribution in [-0.2, 0) is 12.8 Å². The van der Waals surface area contributed by atoms with Crippen LogP contribution < -0.4 is 0 Å². The van der Waals surface area contributed by atoms with Gasteiger partial charge in [0.1, 0.15) is 5.00 Å². The van der Waals surface area contributed by atoms with Gasteiger partial charge in [0.2, 0.25) is 0 Å². The SMILES string of the molecule is C=C(C)c1c(/N=C\C)sc2c1CCC2. The first-order valence-electron chi connectivity index (χ1n) is 5.03. The fraction of sp³-hybridized carbons (Fsp3) is 0.417. The van der Waals surface area contributed by atoms with Crippen LogP contribution in [0.15, 0.2) is 11.6 Å². The first-order valence-corrected chi connectivity index (χ1v) is 5.84. The second kappa shape index (κ2) is 3.70. The zero-order chi connectivity index (χ0) is 10.1. The third kappa shape index (κ3) is 1.44. The maximum Gasteiger partial charge on any atom is 0.123 e. The fourth-order valence-electron chi connectivity index (χ4n) is 2.04. The maximum atomic E-state index is 4.42. The Hall–Kier alpha value is -0.890. The van der Waals surface area contributed by atoms with Crippen LogP contribution in [0.2, 0.25) is 0 Å². The molecule has 0 saturated heterocycles. The molecule has 0 N–H and O–H groups in total. The molecule has 1 aliphatic carbocycles. The molecule has 1 aromatic heterocycles. The highest BCUT2D eigenvalue weighted by Gasteiger charge is 2.21. The van der Waals surface area contributed by atoms with Crippen molar-refractivity contribution in [1.29, 1.82) is 0 Å². The monoisotopic (exact) mass is 205 g/mol. The number of nitrogens with zero attached hydrogens (tertiary/aromatic N) is 1. The molecular weight excluding hydrogens is 190 g/mol. The number of fused-ring (bicyclic) bond motifs is 1. The van der Waals surface area contributed by atoms with Crippen molar-refractivity contribution < 1.29 is 0 Å². The van der Waals surface area contributed by atoms with Gasteiger partial charge in [-0.3, -0.25) is 4.99 Å². The number of thiophene rings is 1. The van der Waals surface area contributed by atoms with E-state index in [0.29, 0.717) is 0 Å². The van der Waals surface area contributed by atoms with Crippen molar-refractivity contribution in [3.63, 3.8) is 0 Å². The third-order valence-electron chi connectivity index (χ3n) is 2.58. The quantitative estimate of drug-likeness (QED) is 0.647. The summed E-state index contributed by atoms with van der Waals surface area (Å²) in [6, 6.07) is 0. The molecule has 0 amide bonds. The van der Waals surface area contributed by atoms with Gasteiger partial charge >= 0.3 is 0 Å². The Kier molecular flexibility index (Phi) is 2.55. The summed E-state index contributed by atoms with van der Waals surface area (Å²) in [6.45, 7) is 8.09. The summed E-state index contributed by atoms with van der Waals surface area (Å²) < 4.78 is 0. The van der Waals surface area contributed by atoms with E-state index in [1.165, 1.54) is 35.3 Å². The first kappa shape index (κ1) is 9.66. The number of rotatable bonds is 2. The second-order valence-electron chi connectivity index (χ2n) is 3.71. The van der Waals surface area contributed by atoms with Crippen LogP contribution in [0.3, 0.4) is 0 Å². The second-order valence-corrected chi connectivity index (χ2v) is 4.79. The molecule has 0 aliphatic heterocycles. The Labute approximate surface area is 89.2 Å². The van der Waals surface area contributed by atoms with Crippen molar-refractivity contribution in [2.75, 3.05) is 0 Å². The summed E-state index contributed by atoms with van der Waals surface area (Å²) in [6.07, 6.45) is 5.62. The molecule has 0 aromatic carbocycles. The van der Waals surface area contributed by atoms with Gasteiger partial charge in [-0.05, 0) is 44.2 Å². The van der Waals surface area contributed by atoms with Gasteiger partial charge in [-0.1, -0.05) is 6.58 Å². The summed E-state index contributed by atoms with van der Waals surface area (Å²) in [4.78, 5) is 5.96. The van der Waals surface area contributed by atoms with Crippen molar-refractivity contribution in [1.82, 2.24) is 0 Å². The van der Waals surface area contributed by atoms with E-state index in [1.807, 2.05) is 24.5 Å². The highest BCUT2D eigenvalue weighted by Crippen LogP contribution is 2.43. The molecule has 0 radical (unpaired) electrons. The van der Waals surface area contributed by atoms with Crippen molar-refractivity contribution in [3.8, 4) is 0 Å². The molecule has 0 saturated carbocycles. The minimum atomic E-state index is 1.16. The van der Waals surface area contributed by atoms with E-state index in [2.05, 4.69) is 18.5 Å². The lowest BCUT2D eigenvalue weighted by Gasteiger charge is -2.01. The van der Waals surface area contributed by atoms with Gasteiger partial charge in [-0.2, -0.15) is 0 Å². The Bertz CT molecular complexity index is 399. The van der Waals surface area contributed by atoms with Gasteiger partial charge in [0.05, 0.1) is 0 Å². The summed E-state index contributed by atoms with van der Waals surface area (Å²) in [7, 11) is 0. The summed E-state index contributed by atoms with van der Waals surface area (Å²) >= 11 is 1.84. The molecule has 74 valence electrons. The lowest BCUT2D eigenvalue weighted by atomic mass is 10.1. The molecule has 2 rings (SSSR count). The topological polar surface area (TPSA) is 12.4 Å². The molecule has 2 heteroatoms. The van der Waals surface area contributed by atoms with E-state index < -0.39 is 0 Å². The molecule has 1 aromatic rings. The standard InChI is InChI=1S/C12H15NS/c1-4-13-12-11(8(2)3)9-6-5-7-10(9)14-12/h4H,2,5-7H2,1,3H3/b13-4-. The smallest absolute Gasteiger partial charge is 0.123 e. The largest absolute Gasteiger partial charge is 0.250 e. The first-order chi connectivity index (χ1) is 6.74. The summed E-state index contributed by atoms with van der Waals surface area (Å²) in [5, 5.41) is 1.16. The van der Waals surface area contributed by atoms with Crippen LogP contribution in [0.5, 0.6) is 0 Å². The van der Waals surface area contributed by atoms with Crippen LogP contribution in [0.1, 0.15) is 36.3 Å². The van der Waals surface area contributed by atoms with Crippen LogP contribution in [0.25, 0.3) is 5.57 Å². The minimum absolute atomic E-state index is 1.16. The molecule has 0 atom stereocenters. The maximum absolute atomic E-state index is 4.42. The van der Waals surface area contributed by atoms with Crippen LogP contribution >= 0.6 is 11.3 Å². The molecule has 0 spiro atoms. The van der Waals surface area contributed by atoms with Gasteiger partial charge in [0.25, 0.3) is 0 Å². The molecular formula is C12H15NS. The zero-order valence-electron chi connectivity index (χ0n) is 8.76. The van der Waals surface area contributed by atoms with Crippen LogP contribution in [-0.4, -0.2) is 6.21 Å². The number of allylic oxidation sites excluding steroid dienone is 1. The molecule has 14 heavy (non-hydrogen) atoms. The van der Waals surface area contributed by atoms with Gasteiger partial charge < -0.3 is 0 Å². The third-order valence-corrected chi connectivity index (χ3v) is 3.78. The molecule has 0 fully saturated rings. The number of hydrogen-bond acceptors (Lipinski definition) is 2. The van der Waals surface area contributed by atoms with E-state index in [4.69, 9.17) is 0 Å². The van der Waals surface area contributed by atoms with Gasteiger partial charge in [0, 0.05) is 16.7 Å². The molecule has 1 nitrogen and oxygen atoms in total. The van der Waals surface area contributed by atoms with E-state index in [0.717, 1.165) is 10.6 Å². The highest BCUT2D eigenvalue weighted by molar-refractivity contribution is 7.16. The molecule has 1 aliphatic rings. The Balaban J connectivity index is 2.56. The average molecular weight is 205 g/mol. The van der Waals surface area contributed by atoms with Crippen molar-refractivity contribution in [3.05, 3.63) is 22.6 Å². The molecule has 0 bridgehead atoms. The van der Waals surface area contributed by atoms with Crippen LogP contribution in [0.4, 0.5) is 5.00 Å². The van der Waals surface area contributed by atoms with Gasteiger partial charge in [-0.15, -0.1) is 11.3 Å².